The second-order valence-corrected chi connectivity index (χ2v) is 5.73. The summed E-state index contributed by atoms with van der Waals surface area (Å²) in [5.74, 6) is 1.10. The molecular formula is C12H13IN4O. The SMILES string of the molecule is Cc1c(-c2nc(C3CC3)c(I)c(=O)[nH]2)cnn1C. The summed E-state index contributed by atoms with van der Waals surface area (Å²) in [6.07, 6.45) is 4.02. The van der Waals surface area contributed by atoms with Crippen LogP contribution in [0.4, 0.5) is 0 Å². The molecule has 1 saturated carbocycles. The number of nitrogens with zero attached hydrogens (tertiary/aromatic N) is 3. The van der Waals surface area contributed by atoms with Gasteiger partial charge in [-0.1, -0.05) is 0 Å². The molecule has 1 aliphatic carbocycles. The van der Waals surface area contributed by atoms with Gasteiger partial charge in [-0.25, -0.2) is 4.98 Å². The highest BCUT2D eigenvalue weighted by Crippen LogP contribution is 2.40. The third kappa shape index (κ3) is 1.88. The standard InChI is InChI=1S/C12H13IN4O/c1-6-8(5-14-17(6)2)11-15-10(7-3-4-7)9(13)12(18)16-11/h5,7H,3-4H2,1-2H3,(H,15,16,18). The number of aryl methyl sites for hydroxylation is 1. The first-order chi connectivity index (χ1) is 8.58. The van der Waals surface area contributed by atoms with E-state index in [-0.39, 0.29) is 5.56 Å². The quantitative estimate of drug-likeness (QED) is 0.837. The van der Waals surface area contributed by atoms with Gasteiger partial charge in [0.05, 0.1) is 21.0 Å². The molecule has 1 aliphatic rings. The molecule has 0 radical (unpaired) electrons. The van der Waals surface area contributed by atoms with Crippen LogP contribution >= 0.6 is 22.6 Å². The molecular weight excluding hydrogens is 343 g/mol. The summed E-state index contributed by atoms with van der Waals surface area (Å²) < 4.78 is 2.50. The van der Waals surface area contributed by atoms with Crippen molar-refractivity contribution in [2.75, 3.05) is 0 Å². The normalized spacial score (nSPS) is 15.1. The Bertz CT molecular complexity index is 669. The number of hydrogen-bond donors (Lipinski definition) is 1. The van der Waals surface area contributed by atoms with Crippen LogP contribution in [-0.4, -0.2) is 19.7 Å². The van der Waals surface area contributed by atoms with E-state index in [0.29, 0.717) is 11.7 Å². The summed E-state index contributed by atoms with van der Waals surface area (Å²) in [4.78, 5) is 19.4. The summed E-state index contributed by atoms with van der Waals surface area (Å²) >= 11 is 2.08. The lowest BCUT2D eigenvalue weighted by Gasteiger charge is -2.05. The van der Waals surface area contributed by atoms with E-state index in [1.54, 1.807) is 10.9 Å². The lowest BCUT2D eigenvalue weighted by Crippen LogP contribution is -2.16. The van der Waals surface area contributed by atoms with Gasteiger partial charge in [0.25, 0.3) is 5.56 Å². The zero-order valence-corrected chi connectivity index (χ0v) is 12.4. The third-order valence-electron chi connectivity index (χ3n) is 3.34. The minimum Gasteiger partial charge on any atom is -0.305 e. The molecule has 0 aromatic carbocycles. The first kappa shape index (κ1) is 11.9. The van der Waals surface area contributed by atoms with Crippen molar-refractivity contribution in [2.24, 2.45) is 7.05 Å². The van der Waals surface area contributed by atoms with Gasteiger partial charge in [-0.3, -0.25) is 9.48 Å². The van der Waals surface area contributed by atoms with Crippen molar-refractivity contribution in [3.63, 3.8) is 0 Å². The minimum atomic E-state index is -0.0502. The molecule has 6 heteroatoms. The fourth-order valence-electron chi connectivity index (χ4n) is 1.96. The average Bonchev–Trinajstić information content (AvgIpc) is 3.12. The van der Waals surface area contributed by atoms with E-state index >= 15 is 0 Å². The molecule has 0 atom stereocenters. The first-order valence-corrected chi connectivity index (χ1v) is 6.94. The van der Waals surface area contributed by atoms with Gasteiger partial charge >= 0.3 is 0 Å². The number of nitrogens with one attached hydrogen (secondary N) is 1. The Morgan fingerprint density at radius 3 is 2.78 bits per heavy atom. The zero-order valence-electron chi connectivity index (χ0n) is 10.2. The van der Waals surface area contributed by atoms with Crippen molar-refractivity contribution in [1.29, 1.82) is 0 Å². The molecule has 1 fully saturated rings. The number of halogens is 1. The van der Waals surface area contributed by atoms with Gasteiger partial charge in [-0.2, -0.15) is 5.10 Å². The molecule has 5 nitrogen and oxygen atoms in total. The Hall–Kier alpha value is -1.18. The van der Waals surface area contributed by atoms with Gasteiger partial charge in [0, 0.05) is 18.7 Å². The second kappa shape index (κ2) is 4.18. The van der Waals surface area contributed by atoms with Crippen molar-refractivity contribution in [2.45, 2.75) is 25.7 Å². The van der Waals surface area contributed by atoms with E-state index < -0.39 is 0 Å². The summed E-state index contributed by atoms with van der Waals surface area (Å²) in [7, 11) is 1.88. The van der Waals surface area contributed by atoms with Crippen LogP contribution in [0.5, 0.6) is 0 Å². The van der Waals surface area contributed by atoms with Crippen molar-refractivity contribution in [1.82, 2.24) is 19.7 Å². The highest BCUT2D eigenvalue weighted by atomic mass is 127. The van der Waals surface area contributed by atoms with Crippen LogP contribution in [0.15, 0.2) is 11.0 Å². The number of H-pyrrole nitrogens is 1. The molecule has 0 spiro atoms. The van der Waals surface area contributed by atoms with Crippen LogP contribution in [0, 0.1) is 10.5 Å². The summed E-state index contributed by atoms with van der Waals surface area (Å²) in [5, 5.41) is 4.19. The Morgan fingerprint density at radius 1 is 1.50 bits per heavy atom. The molecule has 0 aliphatic heterocycles. The molecule has 0 unspecified atom stereocenters. The molecule has 1 N–H and O–H groups in total. The van der Waals surface area contributed by atoms with Gasteiger partial charge in [0.15, 0.2) is 0 Å². The van der Waals surface area contributed by atoms with E-state index in [2.05, 4.69) is 37.7 Å². The van der Waals surface area contributed by atoms with Gasteiger partial charge in [-0.05, 0) is 42.4 Å². The van der Waals surface area contributed by atoms with E-state index in [1.807, 2.05) is 14.0 Å². The lowest BCUT2D eigenvalue weighted by molar-refractivity contribution is 0.740. The molecule has 2 aromatic heterocycles. The van der Waals surface area contributed by atoms with Crippen LogP contribution in [0.2, 0.25) is 0 Å². The maximum atomic E-state index is 12.0. The van der Waals surface area contributed by atoms with Crippen molar-refractivity contribution >= 4 is 22.6 Å². The van der Waals surface area contributed by atoms with Crippen LogP contribution < -0.4 is 5.56 Å². The number of aromatic nitrogens is 4. The van der Waals surface area contributed by atoms with Crippen LogP contribution in [0.1, 0.15) is 30.1 Å². The molecule has 2 heterocycles. The molecule has 94 valence electrons. The lowest BCUT2D eigenvalue weighted by atomic mass is 10.2. The maximum absolute atomic E-state index is 12.0. The van der Waals surface area contributed by atoms with Crippen LogP contribution in [0.25, 0.3) is 11.4 Å². The van der Waals surface area contributed by atoms with Crippen LogP contribution in [-0.2, 0) is 7.05 Å². The second-order valence-electron chi connectivity index (χ2n) is 4.66. The predicted molar refractivity (Wildman–Crippen MR) is 76.5 cm³/mol. The third-order valence-corrected chi connectivity index (χ3v) is 4.39. The molecule has 0 bridgehead atoms. The monoisotopic (exact) mass is 356 g/mol. The molecule has 18 heavy (non-hydrogen) atoms. The number of aromatic amines is 1. The van der Waals surface area contributed by atoms with Crippen molar-refractivity contribution in [3.05, 3.63) is 31.5 Å². The van der Waals surface area contributed by atoms with E-state index in [1.165, 1.54) is 0 Å². The van der Waals surface area contributed by atoms with E-state index in [0.717, 1.165) is 33.4 Å². The van der Waals surface area contributed by atoms with Gasteiger partial charge in [0.1, 0.15) is 5.82 Å². The molecule has 0 amide bonds. The predicted octanol–water partition coefficient (Wildman–Crippen LogP) is 1.96. The Kier molecular flexibility index (Phi) is 2.76. The largest absolute Gasteiger partial charge is 0.305 e. The molecule has 3 rings (SSSR count). The molecule has 2 aromatic rings. The van der Waals surface area contributed by atoms with Crippen LogP contribution in [0.3, 0.4) is 0 Å². The highest BCUT2D eigenvalue weighted by molar-refractivity contribution is 14.1. The topological polar surface area (TPSA) is 63.6 Å². The van der Waals surface area contributed by atoms with Gasteiger partial charge in [0.2, 0.25) is 0 Å². The minimum absolute atomic E-state index is 0.0502. The zero-order chi connectivity index (χ0) is 12.9. The summed E-state index contributed by atoms with van der Waals surface area (Å²) in [6.45, 7) is 1.97. The Labute approximate surface area is 118 Å². The number of hydrogen-bond acceptors (Lipinski definition) is 3. The fourth-order valence-corrected chi connectivity index (χ4v) is 2.66. The fraction of sp³-hybridized carbons (Fsp3) is 0.417. The smallest absolute Gasteiger partial charge is 0.264 e. The van der Waals surface area contributed by atoms with E-state index in [9.17, 15) is 4.79 Å². The molecule has 0 saturated heterocycles. The maximum Gasteiger partial charge on any atom is 0.264 e. The van der Waals surface area contributed by atoms with E-state index in [4.69, 9.17) is 0 Å². The Balaban J connectivity index is 2.18. The van der Waals surface area contributed by atoms with Gasteiger partial charge < -0.3 is 4.98 Å². The van der Waals surface area contributed by atoms with Gasteiger partial charge in [-0.15, -0.1) is 0 Å². The summed E-state index contributed by atoms with van der Waals surface area (Å²) in [5.41, 5.74) is 2.79. The van der Waals surface area contributed by atoms with Crippen molar-refractivity contribution in [3.8, 4) is 11.4 Å². The number of rotatable bonds is 2. The highest BCUT2D eigenvalue weighted by Gasteiger charge is 2.29. The first-order valence-electron chi connectivity index (χ1n) is 5.86. The Morgan fingerprint density at radius 2 is 2.22 bits per heavy atom. The average molecular weight is 356 g/mol. The van der Waals surface area contributed by atoms with Crippen molar-refractivity contribution < 1.29 is 0 Å². The summed E-state index contributed by atoms with van der Waals surface area (Å²) in [6, 6.07) is 0.